The van der Waals surface area contributed by atoms with Gasteiger partial charge >= 0.3 is 6.09 Å². The van der Waals surface area contributed by atoms with Gasteiger partial charge in [0.25, 0.3) is 5.91 Å². The van der Waals surface area contributed by atoms with E-state index < -0.39 is 0 Å². The third kappa shape index (κ3) is 6.31. The van der Waals surface area contributed by atoms with Crippen molar-refractivity contribution in [2.45, 2.75) is 65.0 Å². The summed E-state index contributed by atoms with van der Waals surface area (Å²) in [7, 11) is 1.74. The molecule has 9 nitrogen and oxygen atoms in total. The second kappa shape index (κ2) is 10.4. The Hall–Kier alpha value is -2.36. The molecule has 3 N–H and O–H groups in total. The molecule has 1 fully saturated rings. The first-order valence-corrected chi connectivity index (χ1v) is 10.6. The smallest absolute Gasteiger partial charge is 0.407 e. The monoisotopic (exact) mass is 468 g/mol. The SMILES string of the molecule is CC.CC(C)NC(=O)OC1CCC(c2cc(NC(=O)c3cc(Br)n(C)n3)n[nH]2)C1. The predicted octanol–water partition coefficient (Wildman–Crippen LogP) is 3.95. The molecule has 0 radical (unpaired) electrons. The maximum atomic E-state index is 12.2. The molecule has 2 aromatic rings. The number of halogens is 1. The van der Waals surface area contributed by atoms with Gasteiger partial charge in [0.2, 0.25) is 0 Å². The second-order valence-electron chi connectivity index (χ2n) is 6.97. The van der Waals surface area contributed by atoms with Crippen molar-refractivity contribution in [3.8, 4) is 0 Å². The van der Waals surface area contributed by atoms with E-state index in [-0.39, 0.29) is 30.1 Å². The van der Waals surface area contributed by atoms with Crippen LogP contribution in [0.3, 0.4) is 0 Å². The van der Waals surface area contributed by atoms with Crippen LogP contribution in [0.4, 0.5) is 10.6 Å². The number of rotatable bonds is 5. The topological polar surface area (TPSA) is 114 Å². The van der Waals surface area contributed by atoms with Crippen molar-refractivity contribution in [1.82, 2.24) is 25.3 Å². The van der Waals surface area contributed by atoms with Crippen LogP contribution >= 0.6 is 15.9 Å². The summed E-state index contributed by atoms with van der Waals surface area (Å²) in [6.07, 6.45) is 1.94. The highest BCUT2D eigenvalue weighted by Gasteiger charge is 2.30. The van der Waals surface area contributed by atoms with E-state index >= 15 is 0 Å². The van der Waals surface area contributed by atoms with Gasteiger partial charge in [-0.1, -0.05) is 13.8 Å². The zero-order valence-corrected chi connectivity index (χ0v) is 19.0. The average Bonchev–Trinajstić information content (AvgIpc) is 3.37. The Bertz CT molecular complexity index is 812. The second-order valence-corrected chi connectivity index (χ2v) is 7.79. The minimum atomic E-state index is -0.380. The summed E-state index contributed by atoms with van der Waals surface area (Å²) in [5.41, 5.74) is 1.22. The minimum Gasteiger partial charge on any atom is -0.446 e. The molecular formula is C19H29BrN6O3. The molecule has 1 saturated carbocycles. The molecule has 1 aliphatic rings. The zero-order valence-electron chi connectivity index (χ0n) is 17.5. The highest BCUT2D eigenvalue weighted by Crippen LogP contribution is 2.35. The van der Waals surface area contributed by atoms with Crippen LogP contribution in [0.15, 0.2) is 16.7 Å². The Morgan fingerprint density at radius 3 is 2.66 bits per heavy atom. The summed E-state index contributed by atoms with van der Waals surface area (Å²) >= 11 is 3.31. The minimum absolute atomic E-state index is 0.0493. The van der Waals surface area contributed by atoms with Crippen LogP contribution < -0.4 is 10.6 Å². The lowest BCUT2D eigenvalue weighted by atomic mass is 10.0. The number of nitrogens with zero attached hydrogens (tertiary/aromatic N) is 3. The van der Waals surface area contributed by atoms with Crippen LogP contribution in [-0.2, 0) is 11.8 Å². The van der Waals surface area contributed by atoms with Gasteiger partial charge in [0.1, 0.15) is 10.7 Å². The fourth-order valence-electron chi connectivity index (χ4n) is 3.10. The number of aromatic amines is 1. The molecule has 10 heteroatoms. The maximum absolute atomic E-state index is 12.2. The molecule has 2 amide bonds. The number of alkyl carbamates (subject to hydrolysis) is 1. The summed E-state index contributed by atoms with van der Waals surface area (Å²) in [5, 5.41) is 16.7. The zero-order chi connectivity index (χ0) is 21.6. The number of carbonyl (C=O) groups is 2. The third-order valence-electron chi connectivity index (χ3n) is 4.40. The van der Waals surface area contributed by atoms with Gasteiger partial charge in [-0.3, -0.25) is 14.6 Å². The van der Waals surface area contributed by atoms with Crippen molar-refractivity contribution in [3.63, 3.8) is 0 Å². The van der Waals surface area contributed by atoms with E-state index in [1.165, 1.54) is 0 Å². The van der Waals surface area contributed by atoms with Crippen LogP contribution in [0.1, 0.15) is 69.1 Å². The quantitative estimate of drug-likeness (QED) is 0.614. The summed E-state index contributed by atoms with van der Waals surface area (Å²) < 4.78 is 7.73. The first-order chi connectivity index (χ1) is 13.8. The molecule has 29 heavy (non-hydrogen) atoms. The lowest BCUT2D eigenvalue weighted by Crippen LogP contribution is -2.33. The number of hydrogen-bond acceptors (Lipinski definition) is 5. The number of ether oxygens (including phenoxy) is 1. The summed E-state index contributed by atoms with van der Waals surface area (Å²) in [6.45, 7) is 7.78. The van der Waals surface area contributed by atoms with Crippen LogP contribution in [0, 0.1) is 0 Å². The Kier molecular flexibility index (Phi) is 8.24. The van der Waals surface area contributed by atoms with Crippen LogP contribution in [0.25, 0.3) is 0 Å². The Morgan fingerprint density at radius 2 is 2.03 bits per heavy atom. The molecule has 0 saturated heterocycles. The van der Waals surface area contributed by atoms with Crippen molar-refractivity contribution in [2.24, 2.45) is 7.05 Å². The maximum Gasteiger partial charge on any atom is 0.407 e. The molecule has 2 unspecified atom stereocenters. The lowest BCUT2D eigenvalue weighted by molar-refractivity contribution is 0.0979. The molecule has 3 rings (SSSR count). The van der Waals surface area contributed by atoms with Crippen LogP contribution in [0.5, 0.6) is 0 Å². The third-order valence-corrected chi connectivity index (χ3v) is 5.14. The number of carbonyl (C=O) groups excluding carboxylic acids is 2. The Labute approximate surface area is 179 Å². The van der Waals surface area contributed by atoms with Crippen molar-refractivity contribution < 1.29 is 14.3 Å². The number of hydrogen-bond donors (Lipinski definition) is 3. The average molecular weight is 469 g/mol. The molecule has 0 aliphatic heterocycles. The van der Waals surface area contributed by atoms with E-state index in [0.717, 1.165) is 25.0 Å². The lowest BCUT2D eigenvalue weighted by Gasteiger charge is -2.14. The Balaban J connectivity index is 0.00000145. The van der Waals surface area contributed by atoms with E-state index in [2.05, 4.69) is 41.9 Å². The van der Waals surface area contributed by atoms with Crippen LogP contribution in [-0.4, -0.2) is 44.1 Å². The Morgan fingerprint density at radius 1 is 1.31 bits per heavy atom. The summed E-state index contributed by atoms with van der Waals surface area (Å²) in [4.78, 5) is 24.0. The number of aryl methyl sites for hydroxylation is 1. The molecule has 0 bridgehead atoms. The number of aromatic nitrogens is 4. The van der Waals surface area contributed by atoms with Gasteiger partial charge in [0, 0.05) is 36.8 Å². The van der Waals surface area contributed by atoms with Crippen LogP contribution in [0.2, 0.25) is 0 Å². The first-order valence-electron chi connectivity index (χ1n) is 9.85. The van der Waals surface area contributed by atoms with Gasteiger partial charge in [-0.2, -0.15) is 10.2 Å². The van der Waals surface area contributed by atoms with E-state index in [1.807, 2.05) is 33.8 Å². The largest absolute Gasteiger partial charge is 0.446 e. The van der Waals surface area contributed by atoms with Crippen molar-refractivity contribution in [3.05, 3.63) is 28.1 Å². The first kappa shape index (κ1) is 22.9. The predicted molar refractivity (Wildman–Crippen MR) is 114 cm³/mol. The molecule has 2 heterocycles. The highest BCUT2D eigenvalue weighted by atomic mass is 79.9. The van der Waals surface area contributed by atoms with Gasteiger partial charge in [-0.15, -0.1) is 0 Å². The summed E-state index contributed by atoms with van der Waals surface area (Å²) in [6, 6.07) is 3.51. The van der Waals surface area contributed by atoms with Crippen molar-refractivity contribution >= 4 is 33.7 Å². The number of nitrogens with one attached hydrogen (secondary N) is 3. The van der Waals surface area contributed by atoms with Gasteiger partial charge < -0.3 is 15.4 Å². The molecule has 2 aromatic heterocycles. The van der Waals surface area contributed by atoms with E-state index in [4.69, 9.17) is 4.74 Å². The number of anilines is 1. The number of H-pyrrole nitrogens is 1. The van der Waals surface area contributed by atoms with Gasteiger partial charge in [-0.25, -0.2) is 4.79 Å². The fourth-order valence-corrected chi connectivity index (χ4v) is 3.39. The van der Waals surface area contributed by atoms with E-state index in [1.54, 1.807) is 17.8 Å². The normalized spacial score (nSPS) is 18.2. The van der Waals surface area contributed by atoms with E-state index in [9.17, 15) is 9.59 Å². The summed E-state index contributed by atoms with van der Waals surface area (Å²) in [5.74, 6) is 0.329. The molecule has 0 spiro atoms. The molecule has 160 valence electrons. The van der Waals surface area contributed by atoms with Crippen molar-refractivity contribution in [2.75, 3.05) is 5.32 Å². The highest BCUT2D eigenvalue weighted by molar-refractivity contribution is 9.10. The van der Waals surface area contributed by atoms with Crippen molar-refractivity contribution in [1.29, 1.82) is 0 Å². The fraction of sp³-hybridized carbons (Fsp3) is 0.579. The number of amides is 2. The van der Waals surface area contributed by atoms with Gasteiger partial charge in [0.05, 0.1) is 0 Å². The van der Waals surface area contributed by atoms with Gasteiger partial charge in [-0.05, 0) is 49.0 Å². The molecule has 2 atom stereocenters. The molecular weight excluding hydrogens is 440 g/mol. The van der Waals surface area contributed by atoms with Gasteiger partial charge in [0.15, 0.2) is 11.5 Å². The molecule has 1 aliphatic carbocycles. The van der Waals surface area contributed by atoms with E-state index in [0.29, 0.717) is 16.1 Å². The standard InChI is InChI=1S/C17H23BrN6O3.C2H6/c1-9(2)19-17(26)27-11-5-4-10(6-11)12-8-15(22-21-12)20-16(25)13-7-14(18)24(3)23-13;1-2/h7-11H,4-6H2,1-3H3,(H,19,26)(H2,20,21,22,25);1-2H3. The molecule has 0 aromatic carbocycles.